The third-order valence-electron chi connectivity index (χ3n) is 6.44. The van der Waals surface area contributed by atoms with Crippen LogP contribution in [0.4, 0.5) is 11.4 Å². The first-order valence-electron chi connectivity index (χ1n) is 14.5. The Morgan fingerprint density at radius 1 is 0.900 bits per heavy atom. The maximum absolute atomic E-state index is 14.3. The fraction of sp³-hybridized carbons (Fsp3) is 0.516. The van der Waals surface area contributed by atoms with E-state index in [1.165, 1.54) is 50.0 Å². The van der Waals surface area contributed by atoms with Crippen molar-refractivity contribution in [2.75, 3.05) is 22.8 Å². The van der Waals surface area contributed by atoms with E-state index in [2.05, 4.69) is 19.2 Å². The number of para-hydroxylation sites is 1. The Morgan fingerprint density at radius 3 is 2.23 bits per heavy atom. The van der Waals surface area contributed by atoms with E-state index in [9.17, 15) is 13.2 Å². The van der Waals surface area contributed by atoms with Gasteiger partial charge in [-0.1, -0.05) is 88.6 Å². The number of esters is 1. The highest BCUT2D eigenvalue weighted by Gasteiger charge is 2.31. The normalized spacial score (nSPS) is 12.6. The summed E-state index contributed by atoms with van der Waals surface area (Å²) in [5.41, 5.74) is 0.941. The minimum Gasteiger partial charge on any atom is -0.479 e. The number of rotatable bonds is 19. The maximum atomic E-state index is 14.3. The predicted octanol–water partition coefficient (Wildman–Crippen LogP) is 8.31. The van der Waals surface area contributed by atoms with Crippen molar-refractivity contribution >= 4 is 39.0 Å². The van der Waals surface area contributed by atoms with E-state index in [4.69, 9.17) is 21.1 Å². The van der Waals surface area contributed by atoms with Crippen molar-refractivity contribution in [1.82, 2.24) is 0 Å². The van der Waals surface area contributed by atoms with Gasteiger partial charge in [-0.3, -0.25) is 4.31 Å². The van der Waals surface area contributed by atoms with E-state index in [-0.39, 0.29) is 35.1 Å². The highest BCUT2D eigenvalue weighted by Crippen LogP contribution is 2.33. The summed E-state index contributed by atoms with van der Waals surface area (Å²) in [5.74, 6) is -0.463. The Hall–Kier alpha value is -2.71. The number of halogens is 1. The summed E-state index contributed by atoms with van der Waals surface area (Å²) in [4.78, 5) is 12.1. The lowest BCUT2D eigenvalue weighted by atomic mass is 10.0. The van der Waals surface area contributed by atoms with Gasteiger partial charge in [0.25, 0.3) is 10.0 Å². The molecule has 222 valence electrons. The molecule has 0 amide bonds. The van der Waals surface area contributed by atoms with Crippen LogP contribution in [-0.2, 0) is 24.3 Å². The molecule has 2 aromatic rings. The minimum absolute atomic E-state index is 0.0966. The smallest absolute Gasteiger partial charge is 0.336 e. The first-order valence-corrected chi connectivity index (χ1v) is 16.3. The van der Waals surface area contributed by atoms with Gasteiger partial charge >= 0.3 is 5.97 Å². The molecular formula is C31H45ClN2O5S. The highest BCUT2D eigenvalue weighted by molar-refractivity contribution is 7.92. The van der Waals surface area contributed by atoms with Crippen LogP contribution in [0.25, 0.3) is 0 Å². The first kappa shape index (κ1) is 33.5. The second-order valence-electron chi connectivity index (χ2n) is 9.60. The topological polar surface area (TPSA) is 84.9 Å². The van der Waals surface area contributed by atoms with Crippen LogP contribution in [0.5, 0.6) is 0 Å². The van der Waals surface area contributed by atoms with Gasteiger partial charge in [0.05, 0.1) is 40.6 Å². The number of nitrogens with one attached hydrogen (secondary N) is 1. The molecule has 0 fully saturated rings. The molecule has 2 rings (SSSR count). The van der Waals surface area contributed by atoms with Crippen LogP contribution in [0.1, 0.15) is 85.5 Å². The predicted molar refractivity (Wildman–Crippen MR) is 164 cm³/mol. The average Bonchev–Trinajstić information content (AvgIpc) is 2.92. The molecule has 0 spiro atoms. The van der Waals surface area contributed by atoms with Crippen molar-refractivity contribution in [2.24, 2.45) is 0 Å². The van der Waals surface area contributed by atoms with E-state index < -0.39 is 16.0 Å². The fourth-order valence-electron chi connectivity index (χ4n) is 4.56. The van der Waals surface area contributed by atoms with Gasteiger partial charge in [-0.2, -0.15) is 0 Å². The van der Waals surface area contributed by atoms with Crippen molar-refractivity contribution < 1.29 is 22.7 Å². The van der Waals surface area contributed by atoms with Crippen LogP contribution in [0.2, 0.25) is 5.02 Å². The molecule has 2 aromatic carbocycles. The summed E-state index contributed by atoms with van der Waals surface area (Å²) in [5, 5.41) is 3.25. The lowest BCUT2D eigenvalue weighted by molar-refractivity contribution is -0.137. The van der Waals surface area contributed by atoms with E-state index in [1.807, 2.05) is 30.3 Å². The Morgan fingerprint density at radius 2 is 1.57 bits per heavy atom. The molecule has 0 saturated heterocycles. The summed E-state index contributed by atoms with van der Waals surface area (Å²) < 4.78 is 40.7. The maximum Gasteiger partial charge on any atom is 0.336 e. The molecule has 0 aromatic heterocycles. The molecule has 0 saturated carbocycles. The Bertz CT molecular complexity index is 1170. The van der Waals surface area contributed by atoms with Crippen molar-refractivity contribution in [3.63, 3.8) is 0 Å². The molecule has 0 aliphatic carbocycles. The highest BCUT2D eigenvalue weighted by atomic mass is 35.5. The first-order chi connectivity index (χ1) is 19.3. The van der Waals surface area contributed by atoms with E-state index in [1.54, 1.807) is 18.2 Å². The number of hydrogen-bond acceptors (Lipinski definition) is 6. The molecule has 1 unspecified atom stereocenters. The summed E-state index contributed by atoms with van der Waals surface area (Å²) in [6.45, 7) is 8.27. The number of ether oxygens (including phenoxy) is 2. The molecule has 0 bridgehead atoms. The van der Waals surface area contributed by atoms with Gasteiger partial charge in [0, 0.05) is 6.04 Å². The van der Waals surface area contributed by atoms with Gasteiger partial charge in [0.1, 0.15) is 0 Å². The van der Waals surface area contributed by atoms with Gasteiger partial charge in [-0.05, 0) is 57.0 Å². The van der Waals surface area contributed by atoms with Crippen molar-refractivity contribution in [2.45, 2.75) is 96.4 Å². The molecule has 7 nitrogen and oxygen atoms in total. The SMILES string of the molecule is CCCCCCCCC(CCC)N(c1ccccc1)S(=O)(=O)c1ccc(Cl)c(NC(=CC(=O)OCC)OCC)c1. The zero-order chi connectivity index (χ0) is 29.4. The van der Waals surface area contributed by atoms with E-state index >= 15 is 0 Å². The largest absolute Gasteiger partial charge is 0.479 e. The number of unbranched alkanes of at least 4 members (excludes halogenated alkanes) is 5. The number of benzene rings is 2. The number of hydrogen-bond donors (Lipinski definition) is 1. The lowest BCUT2D eigenvalue weighted by Gasteiger charge is -2.33. The monoisotopic (exact) mass is 592 g/mol. The molecule has 1 atom stereocenters. The molecule has 1 N–H and O–H groups in total. The quantitative estimate of drug-likeness (QED) is 0.0764. The summed E-state index contributed by atoms with van der Waals surface area (Å²) in [7, 11) is -3.96. The van der Waals surface area contributed by atoms with Crippen molar-refractivity contribution in [1.29, 1.82) is 0 Å². The van der Waals surface area contributed by atoms with E-state index in [0.717, 1.165) is 32.1 Å². The number of carbonyl (C=O) groups excluding carboxylic acids is 1. The van der Waals surface area contributed by atoms with Gasteiger partial charge < -0.3 is 14.8 Å². The fourth-order valence-corrected chi connectivity index (χ4v) is 6.46. The van der Waals surface area contributed by atoms with Crippen LogP contribution >= 0.6 is 11.6 Å². The van der Waals surface area contributed by atoms with Crippen molar-refractivity contribution in [3.05, 3.63) is 65.5 Å². The van der Waals surface area contributed by atoms with Gasteiger partial charge in [0.2, 0.25) is 0 Å². The summed E-state index contributed by atoms with van der Waals surface area (Å²) in [6.07, 6.45) is 10.4. The number of carbonyl (C=O) groups is 1. The van der Waals surface area contributed by atoms with Crippen LogP contribution in [0, 0.1) is 0 Å². The Kier molecular flexibility index (Phi) is 15.0. The number of sulfonamides is 1. The standard InChI is InChI=1S/C31H45ClN2O5S/c1-5-9-10-11-12-14-18-25(17-6-2)34(26-19-15-13-16-20-26)40(36,37)27-21-22-28(32)29(23-27)33-30(38-7-3)24-31(35)39-8-4/h13,15-16,19-25,33H,5-12,14,17-18H2,1-4H3. The van der Waals surface area contributed by atoms with Crippen LogP contribution in [0.3, 0.4) is 0 Å². The minimum atomic E-state index is -3.96. The third kappa shape index (κ3) is 10.4. The third-order valence-corrected chi connectivity index (χ3v) is 8.65. The Balaban J connectivity index is 2.45. The second-order valence-corrected chi connectivity index (χ2v) is 11.8. The van der Waals surface area contributed by atoms with Gasteiger partial charge in [-0.25, -0.2) is 13.2 Å². The average molecular weight is 593 g/mol. The van der Waals surface area contributed by atoms with E-state index in [0.29, 0.717) is 11.4 Å². The lowest BCUT2D eigenvalue weighted by Crippen LogP contribution is -2.40. The van der Waals surface area contributed by atoms with Crippen molar-refractivity contribution in [3.8, 4) is 0 Å². The Labute approximate surface area is 245 Å². The molecular weight excluding hydrogens is 548 g/mol. The number of nitrogens with zero attached hydrogens (tertiary/aromatic N) is 1. The molecule has 9 heteroatoms. The molecule has 0 heterocycles. The number of anilines is 2. The van der Waals surface area contributed by atoms with Gasteiger partial charge in [0.15, 0.2) is 5.88 Å². The summed E-state index contributed by atoms with van der Waals surface area (Å²) >= 11 is 6.45. The summed E-state index contributed by atoms with van der Waals surface area (Å²) in [6, 6.07) is 13.6. The van der Waals surface area contributed by atoms with Crippen LogP contribution in [0.15, 0.2) is 65.4 Å². The van der Waals surface area contributed by atoms with Gasteiger partial charge in [-0.15, -0.1) is 0 Å². The molecule has 40 heavy (non-hydrogen) atoms. The second kappa shape index (κ2) is 17.9. The van der Waals surface area contributed by atoms with Crippen LogP contribution < -0.4 is 9.62 Å². The molecule has 0 aliphatic rings. The van der Waals surface area contributed by atoms with Crippen LogP contribution in [-0.4, -0.2) is 33.6 Å². The zero-order valence-electron chi connectivity index (χ0n) is 24.3. The molecule has 0 radical (unpaired) electrons. The molecule has 0 aliphatic heterocycles. The zero-order valence-corrected chi connectivity index (χ0v) is 25.9.